The Balaban J connectivity index is 4.42. The Kier molecular flexibility index (Phi) is 4.72. The Hall–Kier alpha value is -0.850. The van der Waals surface area contributed by atoms with Gasteiger partial charge in [0.2, 0.25) is 5.91 Å². The van der Waals surface area contributed by atoms with Crippen LogP contribution in [0.2, 0.25) is 0 Å². The molecule has 1 amide bonds. The van der Waals surface area contributed by atoms with E-state index in [-0.39, 0.29) is 4.99 Å². The molecule has 0 aromatic rings. The van der Waals surface area contributed by atoms with Crippen LogP contribution in [0.4, 0.5) is 13.2 Å². The van der Waals surface area contributed by atoms with Crippen molar-refractivity contribution in [1.82, 2.24) is 5.32 Å². The normalized spacial score (nSPS) is 14.4. The van der Waals surface area contributed by atoms with Gasteiger partial charge in [-0.25, -0.2) is 0 Å². The number of hydrogen-bond donors (Lipinski definition) is 2. The SMILES string of the molecule is CC(CC(F)(F)F)NC(=O)C(C)(C)C(N)=S. The molecular formula is C9H15F3N2OS. The number of nitrogens with one attached hydrogen (secondary N) is 1. The van der Waals surface area contributed by atoms with Gasteiger partial charge < -0.3 is 11.1 Å². The van der Waals surface area contributed by atoms with Crippen LogP contribution in [0.5, 0.6) is 0 Å². The zero-order valence-electron chi connectivity index (χ0n) is 9.31. The Morgan fingerprint density at radius 3 is 2.19 bits per heavy atom. The number of amides is 1. The average molecular weight is 256 g/mol. The van der Waals surface area contributed by atoms with E-state index < -0.39 is 30.0 Å². The zero-order valence-corrected chi connectivity index (χ0v) is 10.1. The third-order valence-corrected chi connectivity index (χ3v) is 2.61. The van der Waals surface area contributed by atoms with Crippen molar-refractivity contribution in [3.05, 3.63) is 0 Å². The fraction of sp³-hybridized carbons (Fsp3) is 0.778. The first-order valence-corrected chi connectivity index (χ1v) is 5.05. The lowest BCUT2D eigenvalue weighted by atomic mass is 9.92. The van der Waals surface area contributed by atoms with Crippen molar-refractivity contribution in [2.24, 2.45) is 11.1 Å². The summed E-state index contributed by atoms with van der Waals surface area (Å²) in [4.78, 5) is 11.5. The summed E-state index contributed by atoms with van der Waals surface area (Å²) < 4.78 is 36.0. The lowest BCUT2D eigenvalue weighted by Crippen LogP contribution is -2.48. The first-order chi connectivity index (χ1) is 6.97. The van der Waals surface area contributed by atoms with Gasteiger partial charge in [-0.3, -0.25) is 4.79 Å². The number of carbonyl (C=O) groups is 1. The van der Waals surface area contributed by atoms with E-state index in [1.807, 2.05) is 0 Å². The monoisotopic (exact) mass is 256 g/mol. The van der Waals surface area contributed by atoms with Gasteiger partial charge in [0.05, 0.1) is 16.8 Å². The Bertz CT molecular complexity index is 289. The van der Waals surface area contributed by atoms with E-state index in [9.17, 15) is 18.0 Å². The van der Waals surface area contributed by atoms with Crippen LogP contribution in [0.1, 0.15) is 27.2 Å². The van der Waals surface area contributed by atoms with E-state index in [0.717, 1.165) is 0 Å². The molecule has 0 radical (unpaired) electrons. The van der Waals surface area contributed by atoms with Crippen LogP contribution in [0, 0.1) is 5.41 Å². The van der Waals surface area contributed by atoms with Gasteiger partial charge in [-0.15, -0.1) is 0 Å². The maximum Gasteiger partial charge on any atom is 0.391 e. The summed E-state index contributed by atoms with van der Waals surface area (Å²) in [5, 5.41) is 2.23. The van der Waals surface area contributed by atoms with Gasteiger partial charge in [0.1, 0.15) is 0 Å². The molecule has 94 valence electrons. The predicted molar refractivity (Wildman–Crippen MR) is 58.8 cm³/mol. The van der Waals surface area contributed by atoms with E-state index in [2.05, 4.69) is 17.5 Å². The molecule has 0 saturated carbocycles. The lowest BCUT2D eigenvalue weighted by molar-refractivity contribution is -0.142. The van der Waals surface area contributed by atoms with Crippen molar-refractivity contribution < 1.29 is 18.0 Å². The Morgan fingerprint density at radius 1 is 1.44 bits per heavy atom. The standard InChI is InChI=1S/C9H15F3N2OS/c1-5(4-9(10,11)12)14-7(15)8(2,3)6(13)16/h5H,4H2,1-3H3,(H2,13,16)(H,14,15). The lowest BCUT2D eigenvalue weighted by Gasteiger charge is -2.25. The van der Waals surface area contributed by atoms with Crippen LogP contribution < -0.4 is 11.1 Å². The first kappa shape index (κ1) is 15.2. The van der Waals surface area contributed by atoms with E-state index in [1.54, 1.807) is 0 Å². The van der Waals surface area contributed by atoms with Gasteiger partial charge in [0.25, 0.3) is 0 Å². The van der Waals surface area contributed by atoms with Crippen molar-refractivity contribution >= 4 is 23.1 Å². The second-order valence-corrected chi connectivity index (χ2v) is 4.62. The molecule has 0 aromatic heterocycles. The maximum atomic E-state index is 12.0. The van der Waals surface area contributed by atoms with Crippen LogP contribution in [0.15, 0.2) is 0 Å². The number of carbonyl (C=O) groups excluding carboxylic acids is 1. The minimum absolute atomic E-state index is 0.0517. The number of rotatable bonds is 4. The fourth-order valence-corrected chi connectivity index (χ4v) is 1.01. The summed E-state index contributed by atoms with van der Waals surface area (Å²) >= 11 is 4.67. The van der Waals surface area contributed by atoms with Crippen LogP contribution in [0.25, 0.3) is 0 Å². The van der Waals surface area contributed by atoms with Gasteiger partial charge >= 0.3 is 6.18 Å². The Morgan fingerprint density at radius 2 is 1.88 bits per heavy atom. The number of halogens is 3. The number of thiocarbonyl (C=S) groups is 1. The summed E-state index contributed by atoms with van der Waals surface area (Å²) in [7, 11) is 0. The summed E-state index contributed by atoms with van der Waals surface area (Å²) in [6.45, 7) is 4.21. The molecule has 0 aliphatic heterocycles. The molecular weight excluding hydrogens is 241 g/mol. The van der Waals surface area contributed by atoms with E-state index in [0.29, 0.717) is 0 Å². The van der Waals surface area contributed by atoms with Crippen molar-refractivity contribution in [2.75, 3.05) is 0 Å². The second kappa shape index (κ2) is 4.99. The zero-order chi connectivity index (χ0) is 13.1. The molecule has 0 aliphatic rings. The molecule has 0 spiro atoms. The van der Waals surface area contributed by atoms with Crippen LogP contribution >= 0.6 is 12.2 Å². The molecule has 0 rings (SSSR count). The minimum atomic E-state index is -4.31. The topological polar surface area (TPSA) is 55.1 Å². The highest BCUT2D eigenvalue weighted by Crippen LogP contribution is 2.22. The van der Waals surface area contributed by atoms with Gasteiger partial charge in [-0.1, -0.05) is 12.2 Å². The molecule has 3 N–H and O–H groups in total. The molecule has 7 heteroatoms. The van der Waals surface area contributed by atoms with Crippen molar-refractivity contribution in [1.29, 1.82) is 0 Å². The smallest absolute Gasteiger partial charge is 0.391 e. The summed E-state index contributed by atoms with van der Waals surface area (Å²) in [6, 6.07) is -0.999. The van der Waals surface area contributed by atoms with Crippen LogP contribution in [-0.4, -0.2) is 23.1 Å². The largest absolute Gasteiger partial charge is 0.392 e. The van der Waals surface area contributed by atoms with E-state index >= 15 is 0 Å². The predicted octanol–water partition coefficient (Wildman–Crippen LogP) is 1.76. The molecule has 1 atom stereocenters. The summed E-state index contributed by atoms with van der Waals surface area (Å²) in [5.41, 5.74) is 4.18. The van der Waals surface area contributed by atoms with Crippen LogP contribution in [-0.2, 0) is 4.79 Å². The molecule has 3 nitrogen and oxygen atoms in total. The molecule has 0 aromatic carbocycles. The van der Waals surface area contributed by atoms with Crippen molar-refractivity contribution in [3.8, 4) is 0 Å². The molecule has 0 bridgehead atoms. The summed E-state index contributed by atoms with van der Waals surface area (Å²) in [5.74, 6) is -0.600. The summed E-state index contributed by atoms with van der Waals surface area (Å²) in [6.07, 6.45) is -5.38. The maximum absolute atomic E-state index is 12.0. The second-order valence-electron chi connectivity index (χ2n) is 4.18. The number of nitrogens with two attached hydrogens (primary N) is 1. The third-order valence-electron chi connectivity index (χ3n) is 2.10. The first-order valence-electron chi connectivity index (χ1n) is 4.64. The van der Waals surface area contributed by atoms with Crippen molar-refractivity contribution in [3.63, 3.8) is 0 Å². The van der Waals surface area contributed by atoms with E-state index in [1.165, 1.54) is 20.8 Å². The highest BCUT2D eigenvalue weighted by molar-refractivity contribution is 7.80. The molecule has 1 unspecified atom stereocenters. The molecule has 0 saturated heterocycles. The minimum Gasteiger partial charge on any atom is -0.392 e. The molecule has 16 heavy (non-hydrogen) atoms. The quantitative estimate of drug-likeness (QED) is 0.753. The fourth-order valence-electron chi connectivity index (χ4n) is 0.914. The molecule has 0 fully saturated rings. The van der Waals surface area contributed by atoms with Gasteiger partial charge in [-0.2, -0.15) is 13.2 Å². The number of hydrogen-bond acceptors (Lipinski definition) is 2. The van der Waals surface area contributed by atoms with Gasteiger partial charge in [0.15, 0.2) is 0 Å². The highest BCUT2D eigenvalue weighted by Gasteiger charge is 2.35. The van der Waals surface area contributed by atoms with Gasteiger partial charge in [0, 0.05) is 6.04 Å². The van der Waals surface area contributed by atoms with E-state index in [4.69, 9.17) is 5.73 Å². The van der Waals surface area contributed by atoms with Gasteiger partial charge in [-0.05, 0) is 20.8 Å². The average Bonchev–Trinajstić information content (AvgIpc) is 1.99. The highest BCUT2D eigenvalue weighted by atomic mass is 32.1. The third kappa shape index (κ3) is 4.78. The van der Waals surface area contributed by atoms with Crippen LogP contribution in [0.3, 0.4) is 0 Å². The molecule has 0 heterocycles. The molecule has 0 aliphatic carbocycles. The Labute approximate surface area is 97.6 Å². The van der Waals surface area contributed by atoms with Crippen molar-refractivity contribution in [2.45, 2.75) is 39.4 Å². The number of alkyl halides is 3.